The molecule has 3 rings (SSSR count). The first-order chi connectivity index (χ1) is 18.7. The second-order valence-electron chi connectivity index (χ2n) is 8.85. The van der Waals surface area contributed by atoms with Crippen LogP contribution in [0.5, 0.6) is 0 Å². The minimum Gasteiger partial charge on any atom is -0.380 e. The van der Waals surface area contributed by atoms with Crippen LogP contribution < -0.4 is 10.6 Å². The van der Waals surface area contributed by atoms with Crippen molar-refractivity contribution >= 4 is 44.7 Å². The van der Waals surface area contributed by atoms with E-state index in [2.05, 4.69) is 15.6 Å². The molecule has 0 fully saturated rings. The van der Waals surface area contributed by atoms with Crippen LogP contribution in [0.25, 0.3) is 10.2 Å². The van der Waals surface area contributed by atoms with Crippen molar-refractivity contribution < 1.29 is 53.9 Å². The smallest absolute Gasteiger partial charge is 0.380 e. The summed E-state index contributed by atoms with van der Waals surface area (Å²) in [6.07, 6.45) is -15.9. The molecule has 0 radical (unpaired) electrons. The van der Waals surface area contributed by atoms with Crippen molar-refractivity contribution in [1.29, 1.82) is 0 Å². The summed E-state index contributed by atoms with van der Waals surface area (Å²) in [7, 11) is 0. The molecule has 3 aromatic rings. The third-order valence-electron chi connectivity index (χ3n) is 5.33. The molecule has 0 bridgehead atoms. The summed E-state index contributed by atoms with van der Waals surface area (Å²) in [4.78, 5) is 36.2. The number of hydrogen-bond acceptors (Lipinski definition) is 6. The molecule has 0 spiro atoms. The topological polar surface area (TPSA) is 88.2 Å². The number of carbonyl (C=O) groups excluding carboxylic acids is 3. The van der Waals surface area contributed by atoms with Gasteiger partial charge in [0.25, 0.3) is 5.91 Å². The van der Waals surface area contributed by atoms with Gasteiger partial charge in [0.05, 0.1) is 20.8 Å². The average molecular weight is 616 g/mol. The molecule has 1 aromatic heterocycles. The number of alkyl halides is 9. The molecule has 6 nitrogen and oxygen atoms in total. The largest absolute Gasteiger partial charge is 0.458 e. The Morgan fingerprint density at radius 1 is 0.854 bits per heavy atom. The Hall–Kier alpha value is -3.69. The highest BCUT2D eigenvalue weighted by atomic mass is 32.1. The van der Waals surface area contributed by atoms with Gasteiger partial charge in [0, 0.05) is 23.8 Å². The van der Waals surface area contributed by atoms with E-state index in [1.165, 1.54) is 23.5 Å². The van der Waals surface area contributed by atoms with E-state index in [0.717, 1.165) is 27.4 Å². The fourth-order valence-corrected chi connectivity index (χ4v) is 4.03. The van der Waals surface area contributed by atoms with Gasteiger partial charge >= 0.3 is 30.1 Å². The van der Waals surface area contributed by atoms with E-state index < -0.39 is 35.7 Å². The monoisotopic (exact) mass is 615 g/mol. The zero-order chi connectivity index (χ0) is 31.3. The molecule has 224 valence electrons. The number of carbonyl (C=O) groups is 3. The first-order valence-electron chi connectivity index (χ1n) is 11.5. The van der Waals surface area contributed by atoms with E-state index in [-0.39, 0.29) is 17.9 Å². The predicted molar refractivity (Wildman–Crippen MR) is 133 cm³/mol. The Labute approximate surface area is 230 Å². The Morgan fingerprint density at radius 3 is 1.85 bits per heavy atom. The Balaban J connectivity index is 0.000000415. The van der Waals surface area contributed by atoms with Crippen LogP contribution in [-0.4, -0.2) is 47.4 Å². The molecule has 1 amide bonds. The van der Waals surface area contributed by atoms with Crippen molar-refractivity contribution in [3.63, 3.8) is 0 Å². The minimum atomic E-state index is -5.77. The summed E-state index contributed by atoms with van der Waals surface area (Å²) >= 11 is 1.53. The standard InChI is InChI=1S/C21H22F3N3OS.C4F6O2/c1-12(2)18(27-16-7-5-15(6-8-16)21(22,23)24)11-25-20(28)14-4-9-17-19(10-14)29-13(3)26-17;5-3(6,7)1(11)2(12)4(8,9)10/h4-10,12,18,27H,11H2,1-3H3,(H,25,28);/t18-;/m0./s1. The molecule has 0 saturated carbocycles. The molecule has 0 unspecified atom stereocenters. The first-order valence-corrected chi connectivity index (χ1v) is 12.3. The molecule has 1 heterocycles. The van der Waals surface area contributed by atoms with Crippen molar-refractivity contribution in [2.45, 2.75) is 45.3 Å². The van der Waals surface area contributed by atoms with Gasteiger partial charge in [0.1, 0.15) is 0 Å². The second-order valence-corrected chi connectivity index (χ2v) is 10.1. The third kappa shape index (κ3) is 9.72. The van der Waals surface area contributed by atoms with E-state index in [4.69, 9.17) is 0 Å². The van der Waals surface area contributed by atoms with Gasteiger partial charge in [-0.1, -0.05) is 13.8 Å². The van der Waals surface area contributed by atoms with Gasteiger partial charge in [-0.15, -0.1) is 11.3 Å². The third-order valence-corrected chi connectivity index (χ3v) is 6.26. The number of ketones is 2. The summed E-state index contributed by atoms with van der Waals surface area (Å²) in [5.74, 6) is -6.85. The lowest BCUT2D eigenvalue weighted by Gasteiger charge is -2.24. The van der Waals surface area contributed by atoms with E-state index in [1.54, 1.807) is 6.07 Å². The van der Waals surface area contributed by atoms with Crippen molar-refractivity contribution in [1.82, 2.24) is 10.3 Å². The van der Waals surface area contributed by atoms with Crippen LogP contribution in [0.15, 0.2) is 42.5 Å². The van der Waals surface area contributed by atoms with E-state index in [1.807, 2.05) is 32.9 Å². The Morgan fingerprint density at radius 2 is 1.39 bits per heavy atom. The summed E-state index contributed by atoms with van der Waals surface area (Å²) in [5.41, 5.74) is 1.31. The normalized spacial score (nSPS) is 12.9. The van der Waals surface area contributed by atoms with Gasteiger partial charge in [0.2, 0.25) is 0 Å². The number of rotatable bonds is 7. The number of aromatic nitrogens is 1. The zero-order valence-corrected chi connectivity index (χ0v) is 22.2. The number of nitrogens with zero attached hydrogens (tertiary/aromatic N) is 1. The van der Waals surface area contributed by atoms with E-state index in [9.17, 15) is 53.9 Å². The highest BCUT2D eigenvalue weighted by Crippen LogP contribution is 2.30. The number of thiazole rings is 1. The minimum absolute atomic E-state index is 0.134. The number of amides is 1. The maximum Gasteiger partial charge on any atom is 0.458 e. The number of aryl methyl sites for hydroxylation is 1. The second kappa shape index (κ2) is 12.9. The summed E-state index contributed by atoms with van der Waals surface area (Å²) in [6.45, 7) is 6.24. The maximum atomic E-state index is 12.7. The lowest BCUT2D eigenvalue weighted by molar-refractivity contribution is -0.193. The molecule has 2 aromatic carbocycles. The number of benzene rings is 2. The molecular formula is C25H22F9N3O3S. The van der Waals surface area contributed by atoms with E-state index >= 15 is 0 Å². The van der Waals surface area contributed by atoms with Crippen LogP contribution in [-0.2, 0) is 15.8 Å². The van der Waals surface area contributed by atoms with E-state index in [0.29, 0.717) is 17.8 Å². The zero-order valence-electron chi connectivity index (χ0n) is 21.4. The molecule has 0 aliphatic carbocycles. The number of Topliss-reactive ketones (excluding diaryl/α,β-unsaturated/α-hetero) is 2. The van der Waals surface area contributed by atoms with Crippen LogP contribution in [0.1, 0.15) is 34.8 Å². The van der Waals surface area contributed by atoms with Crippen LogP contribution in [0, 0.1) is 12.8 Å². The molecule has 0 saturated heterocycles. The first kappa shape index (κ1) is 33.5. The fourth-order valence-electron chi connectivity index (χ4n) is 3.17. The molecule has 0 aliphatic rings. The number of hydrogen-bond donors (Lipinski definition) is 2. The van der Waals surface area contributed by atoms with Gasteiger partial charge in [-0.3, -0.25) is 14.4 Å². The van der Waals surface area contributed by atoms with Crippen LogP contribution in [0.4, 0.5) is 45.2 Å². The SMILES string of the molecule is Cc1nc2ccc(C(=O)NC[C@H](Nc3ccc(C(F)(F)F)cc3)C(C)C)cc2s1.O=C(C(=O)C(F)(F)F)C(F)(F)F. The Bertz CT molecular complexity index is 1360. The number of nitrogens with one attached hydrogen (secondary N) is 2. The molecular weight excluding hydrogens is 593 g/mol. The molecule has 41 heavy (non-hydrogen) atoms. The van der Waals surface area contributed by atoms with Crippen LogP contribution >= 0.6 is 11.3 Å². The quantitative estimate of drug-likeness (QED) is 0.227. The molecule has 1 atom stereocenters. The van der Waals surface area contributed by atoms with Crippen molar-refractivity contribution in [2.24, 2.45) is 5.92 Å². The number of anilines is 1. The van der Waals surface area contributed by atoms with Gasteiger partial charge in [0.15, 0.2) is 0 Å². The van der Waals surface area contributed by atoms with Crippen molar-refractivity contribution in [2.75, 3.05) is 11.9 Å². The average Bonchev–Trinajstić information content (AvgIpc) is 3.23. The summed E-state index contributed by atoms with van der Waals surface area (Å²) in [6, 6.07) is 10.2. The molecule has 0 aliphatic heterocycles. The lowest BCUT2D eigenvalue weighted by Crippen LogP contribution is -2.39. The van der Waals surface area contributed by atoms with Crippen molar-refractivity contribution in [3.8, 4) is 0 Å². The van der Waals surface area contributed by atoms with Gasteiger partial charge in [-0.05, 0) is 55.3 Å². The lowest BCUT2D eigenvalue weighted by atomic mass is 10.0. The number of fused-ring (bicyclic) bond motifs is 1. The van der Waals surface area contributed by atoms with Crippen LogP contribution in [0.2, 0.25) is 0 Å². The highest BCUT2D eigenvalue weighted by molar-refractivity contribution is 7.18. The van der Waals surface area contributed by atoms with Gasteiger partial charge in [-0.2, -0.15) is 39.5 Å². The number of halogens is 9. The molecule has 16 heteroatoms. The van der Waals surface area contributed by atoms with Gasteiger partial charge in [-0.25, -0.2) is 4.98 Å². The van der Waals surface area contributed by atoms with Gasteiger partial charge < -0.3 is 10.6 Å². The fraction of sp³-hybridized carbons (Fsp3) is 0.360. The summed E-state index contributed by atoms with van der Waals surface area (Å²) in [5, 5.41) is 7.06. The van der Waals surface area contributed by atoms with Crippen LogP contribution in [0.3, 0.4) is 0 Å². The predicted octanol–water partition coefficient (Wildman–Crippen LogP) is 6.74. The Kier molecular flexibility index (Phi) is 10.5. The summed E-state index contributed by atoms with van der Waals surface area (Å²) < 4.78 is 106. The highest BCUT2D eigenvalue weighted by Gasteiger charge is 2.54. The maximum absolute atomic E-state index is 12.7. The molecule has 2 N–H and O–H groups in total. The van der Waals surface area contributed by atoms with Crippen molar-refractivity contribution in [3.05, 3.63) is 58.6 Å².